The van der Waals surface area contributed by atoms with E-state index in [1.165, 1.54) is 10.5 Å². The summed E-state index contributed by atoms with van der Waals surface area (Å²) in [6.45, 7) is 2.79. The number of aryl methyl sites for hydroxylation is 1. The molecule has 2 aromatic carbocycles. The standard InChI is InChI=1S/C17H17ClOS/c1-12-5-4-6-13(9-18)17(12)19-10-14-11-20-16-8-3-2-7-15(14)16/h2-8,14H,9-11H2,1H3. The molecule has 0 saturated heterocycles. The van der Waals surface area contributed by atoms with Crippen LogP contribution >= 0.6 is 23.4 Å². The average Bonchev–Trinajstić information content (AvgIpc) is 2.89. The van der Waals surface area contributed by atoms with Gasteiger partial charge in [0, 0.05) is 22.1 Å². The van der Waals surface area contributed by atoms with E-state index in [4.69, 9.17) is 16.3 Å². The van der Waals surface area contributed by atoms with E-state index in [0.29, 0.717) is 11.8 Å². The van der Waals surface area contributed by atoms with Crippen molar-refractivity contribution in [1.82, 2.24) is 0 Å². The predicted molar refractivity (Wildman–Crippen MR) is 86.1 cm³/mol. The molecule has 3 heteroatoms. The summed E-state index contributed by atoms with van der Waals surface area (Å²) in [5, 5.41) is 0. The highest BCUT2D eigenvalue weighted by Crippen LogP contribution is 2.39. The van der Waals surface area contributed by atoms with Crippen molar-refractivity contribution in [2.45, 2.75) is 23.6 Å². The fraction of sp³-hybridized carbons (Fsp3) is 0.294. The van der Waals surface area contributed by atoms with E-state index in [2.05, 4.69) is 37.3 Å². The first-order valence-electron chi connectivity index (χ1n) is 6.78. The number of thioether (sulfide) groups is 1. The Labute approximate surface area is 129 Å². The molecule has 0 aliphatic carbocycles. The molecule has 2 aromatic rings. The molecule has 0 fully saturated rings. The van der Waals surface area contributed by atoms with E-state index in [1.54, 1.807) is 0 Å². The molecule has 0 bridgehead atoms. The van der Waals surface area contributed by atoms with Crippen molar-refractivity contribution in [2.75, 3.05) is 12.4 Å². The largest absolute Gasteiger partial charge is 0.492 e. The molecule has 104 valence electrons. The Kier molecular flexibility index (Phi) is 4.23. The predicted octanol–water partition coefficient (Wildman–Crippen LogP) is 5.00. The Balaban J connectivity index is 1.75. The van der Waals surface area contributed by atoms with Gasteiger partial charge in [0.25, 0.3) is 0 Å². The Hall–Kier alpha value is -1.12. The normalized spacial score (nSPS) is 17.0. The lowest BCUT2D eigenvalue weighted by molar-refractivity contribution is 0.294. The van der Waals surface area contributed by atoms with Crippen LogP contribution in [0.25, 0.3) is 0 Å². The Morgan fingerprint density at radius 1 is 1.20 bits per heavy atom. The lowest BCUT2D eigenvalue weighted by atomic mass is 10.0. The summed E-state index contributed by atoms with van der Waals surface area (Å²) in [4.78, 5) is 1.39. The molecule has 1 aliphatic rings. The van der Waals surface area contributed by atoms with Crippen molar-refractivity contribution in [1.29, 1.82) is 0 Å². The molecule has 1 heterocycles. The molecule has 3 rings (SSSR count). The zero-order chi connectivity index (χ0) is 13.9. The number of hydrogen-bond donors (Lipinski definition) is 0. The van der Waals surface area contributed by atoms with Crippen LogP contribution in [0, 0.1) is 6.92 Å². The van der Waals surface area contributed by atoms with Gasteiger partial charge in [0.05, 0.1) is 12.5 Å². The van der Waals surface area contributed by atoms with Crippen molar-refractivity contribution < 1.29 is 4.74 Å². The molecule has 1 nitrogen and oxygen atoms in total. The zero-order valence-electron chi connectivity index (χ0n) is 11.4. The minimum atomic E-state index is 0.471. The molecular weight excluding hydrogens is 288 g/mol. The smallest absolute Gasteiger partial charge is 0.126 e. The molecule has 0 aromatic heterocycles. The molecule has 0 radical (unpaired) electrons. The van der Waals surface area contributed by atoms with Gasteiger partial charge in [-0.25, -0.2) is 0 Å². The van der Waals surface area contributed by atoms with Gasteiger partial charge in [-0.05, 0) is 24.1 Å². The van der Waals surface area contributed by atoms with Crippen molar-refractivity contribution in [3.63, 3.8) is 0 Å². The number of ether oxygens (including phenoxy) is 1. The van der Waals surface area contributed by atoms with Crippen LogP contribution in [0.15, 0.2) is 47.4 Å². The highest BCUT2D eigenvalue weighted by molar-refractivity contribution is 7.99. The Bertz CT molecular complexity index is 612. The fourth-order valence-electron chi connectivity index (χ4n) is 2.58. The Morgan fingerprint density at radius 2 is 2.05 bits per heavy atom. The van der Waals surface area contributed by atoms with Crippen LogP contribution in [0.4, 0.5) is 0 Å². The summed E-state index contributed by atoms with van der Waals surface area (Å²) in [6.07, 6.45) is 0. The number of benzene rings is 2. The van der Waals surface area contributed by atoms with Crippen LogP contribution < -0.4 is 4.74 Å². The maximum Gasteiger partial charge on any atom is 0.126 e. The second kappa shape index (κ2) is 6.11. The van der Waals surface area contributed by atoms with E-state index < -0.39 is 0 Å². The van der Waals surface area contributed by atoms with Crippen LogP contribution in [0.5, 0.6) is 5.75 Å². The third-order valence-corrected chi connectivity index (χ3v) is 5.20. The monoisotopic (exact) mass is 304 g/mol. The van der Waals surface area contributed by atoms with E-state index in [0.717, 1.165) is 29.2 Å². The number of para-hydroxylation sites is 1. The second-order valence-electron chi connectivity index (χ2n) is 5.05. The average molecular weight is 305 g/mol. The van der Waals surface area contributed by atoms with E-state index >= 15 is 0 Å². The highest BCUT2D eigenvalue weighted by atomic mass is 35.5. The highest BCUT2D eigenvalue weighted by Gasteiger charge is 2.23. The maximum absolute atomic E-state index is 6.10. The summed E-state index contributed by atoms with van der Waals surface area (Å²) in [5.74, 6) is 3.02. The minimum Gasteiger partial charge on any atom is -0.492 e. The van der Waals surface area contributed by atoms with Crippen LogP contribution in [0.3, 0.4) is 0 Å². The first-order valence-corrected chi connectivity index (χ1v) is 8.30. The summed E-state index contributed by atoms with van der Waals surface area (Å²) in [7, 11) is 0. The molecule has 1 aliphatic heterocycles. The number of rotatable bonds is 4. The summed E-state index contributed by atoms with van der Waals surface area (Å²) in [6, 6.07) is 14.7. The summed E-state index contributed by atoms with van der Waals surface area (Å²) in [5.41, 5.74) is 3.64. The van der Waals surface area contributed by atoms with Crippen molar-refractivity contribution in [3.8, 4) is 5.75 Å². The fourth-order valence-corrected chi connectivity index (χ4v) is 4.02. The zero-order valence-corrected chi connectivity index (χ0v) is 13.0. The molecule has 0 saturated carbocycles. The maximum atomic E-state index is 6.10. The topological polar surface area (TPSA) is 9.23 Å². The lowest BCUT2D eigenvalue weighted by Crippen LogP contribution is -2.11. The molecule has 20 heavy (non-hydrogen) atoms. The van der Waals surface area contributed by atoms with Gasteiger partial charge in [0.2, 0.25) is 0 Å². The van der Waals surface area contributed by atoms with E-state index in [9.17, 15) is 0 Å². The first kappa shape index (κ1) is 13.8. The molecule has 1 unspecified atom stereocenters. The minimum absolute atomic E-state index is 0.471. The lowest BCUT2D eigenvalue weighted by Gasteiger charge is -2.16. The SMILES string of the molecule is Cc1cccc(CCl)c1OCC1CSc2ccccc21. The second-order valence-corrected chi connectivity index (χ2v) is 6.38. The van der Waals surface area contributed by atoms with Gasteiger partial charge in [0.1, 0.15) is 5.75 Å². The van der Waals surface area contributed by atoms with Crippen molar-refractivity contribution >= 4 is 23.4 Å². The van der Waals surface area contributed by atoms with Crippen molar-refractivity contribution in [2.24, 2.45) is 0 Å². The van der Waals surface area contributed by atoms with Gasteiger partial charge in [-0.3, -0.25) is 0 Å². The summed E-state index contributed by atoms with van der Waals surface area (Å²) >= 11 is 7.92. The van der Waals surface area contributed by atoms with Crippen LogP contribution in [-0.4, -0.2) is 12.4 Å². The molecule has 0 spiro atoms. The third-order valence-electron chi connectivity index (χ3n) is 3.67. The van der Waals surface area contributed by atoms with Crippen LogP contribution in [0.1, 0.15) is 22.6 Å². The number of halogens is 1. The Morgan fingerprint density at radius 3 is 2.90 bits per heavy atom. The van der Waals surface area contributed by atoms with Gasteiger partial charge in [-0.1, -0.05) is 36.4 Å². The molecule has 1 atom stereocenters. The van der Waals surface area contributed by atoms with Crippen LogP contribution in [-0.2, 0) is 5.88 Å². The van der Waals surface area contributed by atoms with Gasteiger partial charge >= 0.3 is 0 Å². The third kappa shape index (κ3) is 2.68. The summed E-state index contributed by atoms with van der Waals surface area (Å²) < 4.78 is 6.10. The first-order chi connectivity index (χ1) is 9.79. The molecule has 0 N–H and O–H groups in total. The van der Waals surface area contributed by atoms with E-state index in [1.807, 2.05) is 23.9 Å². The van der Waals surface area contributed by atoms with Gasteiger partial charge < -0.3 is 4.74 Å². The number of hydrogen-bond acceptors (Lipinski definition) is 2. The van der Waals surface area contributed by atoms with Gasteiger partial charge in [0.15, 0.2) is 0 Å². The van der Waals surface area contributed by atoms with Crippen LogP contribution in [0.2, 0.25) is 0 Å². The van der Waals surface area contributed by atoms with Gasteiger partial charge in [-0.2, -0.15) is 0 Å². The number of fused-ring (bicyclic) bond motifs is 1. The van der Waals surface area contributed by atoms with Gasteiger partial charge in [-0.15, -0.1) is 23.4 Å². The molecular formula is C17H17ClOS. The molecule has 0 amide bonds. The van der Waals surface area contributed by atoms with E-state index in [-0.39, 0.29) is 0 Å². The number of alkyl halides is 1. The van der Waals surface area contributed by atoms with Crippen molar-refractivity contribution in [3.05, 3.63) is 59.2 Å². The quantitative estimate of drug-likeness (QED) is 0.735.